The molecule has 2 atom stereocenters. The number of amides is 1. The third-order valence-electron chi connectivity index (χ3n) is 4.17. The number of ether oxygens (including phenoxy) is 2. The van der Waals surface area contributed by atoms with Crippen molar-refractivity contribution < 1.29 is 22.7 Å². The summed E-state index contributed by atoms with van der Waals surface area (Å²) < 4.78 is 35.6. The van der Waals surface area contributed by atoms with Crippen molar-refractivity contribution in [1.82, 2.24) is 9.62 Å². The molecule has 8 heteroatoms. The number of carbonyl (C=O) groups excluding carboxylic acids is 1. The second-order valence-corrected chi connectivity index (χ2v) is 8.31. The van der Waals surface area contributed by atoms with E-state index in [0.717, 1.165) is 0 Å². The van der Waals surface area contributed by atoms with Crippen LogP contribution in [0.25, 0.3) is 0 Å². The third kappa shape index (κ3) is 5.61. The lowest BCUT2D eigenvalue weighted by atomic mass is 9.98. The summed E-state index contributed by atoms with van der Waals surface area (Å²) >= 11 is 0. The van der Waals surface area contributed by atoms with Gasteiger partial charge in [0.05, 0.1) is 25.3 Å². The van der Waals surface area contributed by atoms with Crippen LogP contribution < -0.4 is 14.8 Å². The monoisotopic (exact) mass is 370 g/mol. The van der Waals surface area contributed by atoms with Crippen LogP contribution in [0.15, 0.2) is 24.3 Å². The molecule has 1 saturated heterocycles. The molecule has 1 aliphatic rings. The fourth-order valence-corrected chi connectivity index (χ4v) is 3.72. The van der Waals surface area contributed by atoms with Crippen LogP contribution in [0, 0.1) is 5.92 Å². The zero-order chi connectivity index (χ0) is 18.4. The molecule has 25 heavy (non-hydrogen) atoms. The standard InChI is InChI=1S/C17H26N2O5S/c1-13(12-24-16-9-5-4-8-15(16)23-2)18-17(20)14-7-6-10-19(11-14)25(3,21)22/h4-5,8-9,13-14H,6-7,10-12H2,1-3H3,(H,18,20)/t13-,14+/m0/s1. The molecule has 1 aromatic carbocycles. The molecular weight excluding hydrogens is 344 g/mol. The van der Waals surface area contributed by atoms with Gasteiger partial charge in [0.25, 0.3) is 0 Å². The number of carbonyl (C=O) groups is 1. The van der Waals surface area contributed by atoms with E-state index < -0.39 is 10.0 Å². The lowest BCUT2D eigenvalue weighted by Gasteiger charge is -2.30. The summed E-state index contributed by atoms with van der Waals surface area (Å²) in [6.07, 6.45) is 2.56. The Kier molecular flexibility index (Phi) is 6.66. The van der Waals surface area contributed by atoms with Gasteiger partial charge >= 0.3 is 0 Å². The van der Waals surface area contributed by atoms with Crippen molar-refractivity contribution in [2.75, 3.05) is 33.1 Å². The molecule has 0 unspecified atom stereocenters. The summed E-state index contributed by atoms with van der Waals surface area (Å²) in [6, 6.07) is 7.11. The molecule has 1 heterocycles. The second-order valence-electron chi connectivity index (χ2n) is 6.33. The van der Waals surface area contributed by atoms with E-state index in [-0.39, 0.29) is 24.4 Å². The number of rotatable bonds is 7. The highest BCUT2D eigenvalue weighted by molar-refractivity contribution is 7.88. The van der Waals surface area contributed by atoms with E-state index in [9.17, 15) is 13.2 Å². The molecule has 140 valence electrons. The van der Waals surface area contributed by atoms with Gasteiger partial charge in [0, 0.05) is 13.1 Å². The highest BCUT2D eigenvalue weighted by Crippen LogP contribution is 2.25. The number of piperidine rings is 1. The molecule has 0 radical (unpaired) electrons. The Bertz CT molecular complexity index is 692. The predicted octanol–water partition coefficient (Wildman–Crippen LogP) is 1.25. The summed E-state index contributed by atoms with van der Waals surface area (Å²) in [7, 11) is -1.69. The Balaban J connectivity index is 1.85. The maximum atomic E-state index is 12.4. The quantitative estimate of drug-likeness (QED) is 0.781. The van der Waals surface area contributed by atoms with Gasteiger partial charge in [0.2, 0.25) is 15.9 Å². The van der Waals surface area contributed by atoms with Crippen LogP contribution >= 0.6 is 0 Å². The van der Waals surface area contributed by atoms with Crippen LogP contribution in [0.1, 0.15) is 19.8 Å². The lowest BCUT2D eigenvalue weighted by Crippen LogP contribution is -2.47. The summed E-state index contributed by atoms with van der Waals surface area (Å²) in [5, 5.41) is 2.90. The summed E-state index contributed by atoms with van der Waals surface area (Å²) in [4.78, 5) is 12.4. The molecule has 1 amide bonds. The van der Waals surface area contributed by atoms with Crippen LogP contribution in [0.2, 0.25) is 0 Å². The lowest BCUT2D eigenvalue weighted by molar-refractivity contribution is -0.126. The molecule has 1 aromatic rings. The van der Waals surface area contributed by atoms with Gasteiger partial charge < -0.3 is 14.8 Å². The van der Waals surface area contributed by atoms with Gasteiger partial charge in [-0.2, -0.15) is 0 Å². The van der Waals surface area contributed by atoms with Crippen molar-refractivity contribution in [2.24, 2.45) is 5.92 Å². The minimum atomic E-state index is -3.26. The van der Waals surface area contributed by atoms with Crippen LogP contribution in [-0.4, -0.2) is 57.7 Å². The SMILES string of the molecule is COc1ccccc1OC[C@H](C)NC(=O)[C@@H]1CCCN(S(C)(=O)=O)C1. The topological polar surface area (TPSA) is 84.9 Å². The van der Waals surface area contributed by atoms with Crippen molar-refractivity contribution in [2.45, 2.75) is 25.8 Å². The van der Waals surface area contributed by atoms with Gasteiger partial charge in [-0.3, -0.25) is 4.79 Å². The Morgan fingerprint density at radius 1 is 1.36 bits per heavy atom. The second kappa shape index (κ2) is 8.53. The first-order valence-electron chi connectivity index (χ1n) is 8.32. The first-order valence-corrected chi connectivity index (χ1v) is 10.2. The number of hydrogen-bond acceptors (Lipinski definition) is 5. The Morgan fingerprint density at radius 3 is 2.68 bits per heavy atom. The normalized spacial score (nSPS) is 19.9. The Hall–Kier alpha value is -1.80. The molecule has 1 N–H and O–H groups in total. The van der Waals surface area contributed by atoms with Crippen molar-refractivity contribution in [1.29, 1.82) is 0 Å². The molecule has 0 aliphatic carbocycles. The van der Waals surface area contributed by atoms with Crippen molar-refractivity contribution in [3.05, 3.63) is 24.3 Å². The van der Waals surface area contributed by atoms with E-state index in [1.165, 1.54) is 10.6 Å². The van der Waals surface area contributed by atoms with Crippen LogP contribution in [0.5, 0.6) is 11.5 Å². The minimum absolute atomic E-state index is 0.135. The van der Waals surface area contributed by atoms with Gasteiger partial charge in [0.15, 0.2) is 11.5 Å². The summed E-state index contributed by atoms with van der Waals surface area (Å²) in [5.74, 6) is 0.797. The van der Waals surface area contributed by atoms with Crippen molar-refractivity contribution in [3.63, 3.8) is 0 Å². The highest BCUT2D eigenvalue weighted by Gasteiger charge is 2.30. The van der Waals surface area contributed by atoms with Gasteiger partial charge in [-0.05, 0) is 31.9 Å². The van der Waals surface area contributed by atoms with E-state index >= 15 is 0 Å². The Labute approximate surface area is 149 Å². The Morgan fingerprint density at radius 2 is 2.04 bits per heavy atom. The maximum Gasteiger partial charge on any atom is 0.224 e. The average molecular weight is 370 g/mol. The largest absolute Gasteiger partial charge is 0.493 e. The van der Waals surface area contributed by atoms with Crippen LogP contribution in [0.4, 0.5) is 0 Å². The van der Waals surface area contributed by atoms with E-state index in [0.29, 0.717) is 37.5 Å². The van der Waals surface area contributed by atoms with Gasteiger partial charge in [-0.25, -0.2) is 12.7 Å². The number of para-hydroxylation sites is 2. The molecule has 2 rings (SSSR count). The van der Waals surface area contributed by atoms with Gasteiger partial charge in [0.1, 0.15) is 6.61 Å². The number of methoxy groups -OCH3 is 1. The van der Waals surface area contributed by atoms with E-state index in [2.05, 4.69) is 5.32 Å². The molecule has 0 spiro atoms. The first-order chi connectivity index (χ1) is 11.8. The van der Waals surface area contributed by atoms with Gasteiger partial charge in [-0.1, -0.05) is 12.1 Å². The molecule has 0 bridgehead atoms. The number of benzene rings is 1. The summed E-state index contributed by atoms with van der Waals surface area (Å²) in [6.45, 7) is 2.87. The minimum Gasteiger partial charge on any atom is -0.493 e. The fourth-order valence-electron chi connectivity index (χ4n) is 2.81. The summed E-state index contributed by atoms with van der Waals surface area (Å²) in [5.41, 5.74) is 0. The molecule has 7 nitrogen and oxygen atoms in total. The molecule has 1 aliphatic heterocycles. The zero-order valence-electron chi connectivity index (χ0n) is 14.9. The van der Waals surface area contributed by atoms with Crippen molar-refractivity contribution in [3.8, 4) is 11.5 Å². The van der Waals surface area contributed by atoms with E-state index in [1.807, 2.05) is 19.1 Å². The fraction of sp³-hybridized carbons (Fsp3) is 0.588. The average Bonchev–Trinajstić information content (AvgIpc) is 2.59. The molecular formula is C17H26N2O5S. The molecule has 1 fully saturated rings. The van der Waals surface area contributed by atoms with Crippen LogP contribution in [-0.2, 0) is 14.8 Å². The smallest absolute Gasteiger partial charge is 0.224 e. The van der Waals surface area contributed by atoms with E-state index in [4.69, 9.17) is 9.47 Å². The van der Waals surface area contributed by atoms with Crippen molar-refractivity contribution >= 4 is 15.9 Å². The van der Waals surface area contributed by atoms with E-state index in [1.54, 1.807) is 19.2 Å². The number of sulfonamides is 1. The third-order valence-corrected chi connectivity index (χ3v) is 5.44. The highest BCUT2D eigenvalue weighted by atomic mass is 32.2. The predicted molar refractivity (Wildman–Crippen MR) is 95.2 cm³/mol. The zero-order valence-corrected chi connectivity index (χ0v) is 15.7. The number of nitrogens with zero attached hydrogens (tertiary/aromatic N) is 1. The maximum absolute atomic E-state index is 12.4. The number of hydrogen-bond donors (Lipinski definition) is 1. The van der Waals surface area contributed by atoms with Gasteiger partial charge in [-0.15, -0.1) is 0 Å². The number of nitrogens with one attached hydrogen (secondary N) is 1. The first kappa shape index (κ1) is 19.5. The molecule has 0 saturated carbocycles. The molecule has 0 aromatic heterocycles. The van der Waals surface area contributed by atoms with Crippen LogP contribution in [0.3, 0.4) is 0 Å².